The van der Waals surface area contributed by atoms with Crippen LogP contribution in [0.25, 0.3) is 0 Å². The zero-order valence-electron chi connectivity index (χ0n) is 28.8. The summed E-state index contributed by atoms with van der Waals surface area (Å²) in [6.07, 6.45) is 22.4. The van der Waals surface area contributed by atoms with Crippen LogP contribution in [0, 0.1) is 5.41 Å². The molecule has 4 aliphatic carbocycles. The van der Waals surface area contributed by atoms with E-state index >= 15 is 0 Å². The van der Waals surface area contributed by atoms with Gasteiger partial charge in [-0.25, -0.2) is 0 Å². The monoisotopic (exact) mass is 614 g/mol. The lowest BCUT2D eigenvalue weighted by atomic mass is 9.66. The Labute approximate surface area is 281 Å². The molecule has 0 saturated heterocycles. The van der Waals surface area contributed by atoms with Gasteiger partial charge in [0.25, 0.3) is 0 Å². The molecule has 0 N–H and O–H groups in total. The van der Waals surface area contributed by atoms with Crippen molar-refractivity contribution < 1.29 is 0 Å². The Bertz CT molecular complexity index is 2050. The van der Waals surface area contributed by atoms with Crippen LogP contribution in [0.5, 0.6) is 0 Å². The van der Waals surface area contributed by atoms with E-state index in [1.165, 1.54) is 73.8 Å². The van der Waals surface area contributed by atoms with Crippen LogP contribution in [0.4, 0.5) is 22.7 Å². The number of allylic oxidation sites excluding steroid dienone is 10. The highest BCUT2D eigenvalue weighted by Gasteiger charge is 2.46. The van der Waals surface area contributed by atoms with Crippen molar-refractivity contribution in [1.29, 1.82) is 0 Å². The molecular weight excluding hydrogens is 569 g/mol. The van der Waals surface area contributed by atoms with Crippen molar-refractivity contribution in [2.24, 2.45) is 5.41 Å². The molecule has 0 fully saturated rings. The van der Waals surface area contributed by atoms with Gasteiger partial charge in [0.15, 0.2) is 0 Å². The molecule has 0 amide bonds. The van der Waals surface area contributed by atoms with E-state index in [9.17, 15) is 0 Å². The van der Waals surface area contributed by atoms with Gasteiger partial charge in [-0.2, -0.15) is 0 Å². The van der Waals surface area contributed by atoms with Gasteiger partial charge in [-0.05, 0) is 107 Å². The molecule has 0 aromatic heterocycles. The number of nitrogens with zero attached hydrogens (tertiary/aromatic N) is 2. The summed E-state index contributed by atoms with van der Waals surface area (Å²) in [5.74, 6) is 0. The van der Waals surface area contributed by atoms with E-state index in [1.807, 2.05) is 0 Å². The van der Waals surface area contributed by atoms with E-state index in [1.54, 1.807) is 5.57 Å². The van der Waals surface area contributed by atoms with Gasteiger partial charge in [-0.15, -0.1) is 0 Å². The van der Waals surface area contributed by atoms with E-state index < -0.39 is 0 Å². The average Bonchev–Trinajstić information content (AvgIpc) is 3.31. The summed E-state index contributed by atoms with van der Waals surface area (Å²) in [6.45, 7) is 14.5. The molecule has 1 atom stereocenters. The first kappa shape index (κ1) is 28.9. The number of para-hydroxylation sites is 2. The van der Waals surface area contributed by atoms with E-state index in [-0.39, 0.29) is 22.3 Å². The van der Waals surface area contributed by atoms with Gasteiger partial charge in [-0.1, -0.05) is 114 Å². The minimum atomic E-state index is -0.150. The quantitative estimate of drug-likeness (QED) is 0.290. The zero-order valence-corrected chi connectivity index (χ0v) is 28.8. The summed E-state index contributed by atoms with van der Waals surface area (Å²) in [6, 6.07) is 23.7. The van der Waals surface area contributed by atoms with Crippen LogP contribution in [0.1, 0.15) is 95.9 Å². The summed E-state index contributed by atoms with van der Waals surface area (Å²) in [4.78, 5) is 5.26. The fourth-order valence-electron chi connectivity index (χ4n) is 9.77. The number of fused-ring (bicyclic) bond motifs is 6. The maximum Gasteiger partial charge on any atom is 0.0560 e. The molecule has 3 aromatic rings. The molecule has 6 aliphatic rings. The maximum atomic E-state index is 2.68. The van der Waals surface area contributed by atoms with Crippen molar-refractivity contribution >= 4 is 22.7 Å². The third-order valence-electron chi connectivity index (χ3n) is 12.3. The van der Waals surface area contributed by atoms with Crippen molar-refractivity contribution in [2.45, 2.75) is 90.5 Å². The number of hydrogen-bond donors (Lipinski definition) is 0. The lowest BCUT2D eigenvalue weighted by Gasteiger charge is -2.49. The summed E-state index contributed by atoms with van der Waals surface area (Å²) < 4.78 is 0. The number of benzene rings is 3. The SMILES string of the molecule is CC1(C)C2=CC(N(C3=CC=CCC3)c3ccc4c(c3)C(C)(C)c3cccc5c3N4c3ccccc3C5(C)C)CC=C2C2=C1C=CCC2. The fourth-order valence-corrected chi connectivity index (χ4v) is 9.77. The molecular formula is C45H46N2. The Balaban J connectivity index is 1.21. The molecule has 236 valence electrons. The van der Waals surface area contributed by atoms with Crippen molar-refractivity contribution in [3.05, 3.63) is 153 Å². The van der Waals surface area contributed by atoms with E-state index in [4.69, 9.17) is 0 Å². The van der Waals surface area contributed by atoms with Crippen molar-refractivity contribution in [3.8, 4) is 0 Å². The Morgan fingerprint density at radius 1 is 0.723 bits per heavy atom. The Kier molecular flexibility index (Phi) is 6.06. The largest absolute Gasteiger partial charge is 0.338 e. The lowest BCUT2D eigenvalue weighted by Crippen LogP contribution is -2.39. The predicted octanol–water partition coefficient (Wildman–Crippen LogP) is 11.8. The topological polar surface area (TPSA) is 6.48 Å². The van der Waals surface area contributed by atoms with Crippen molar-refractivity contribution in [1.82, 2.24) is 0 Å². The molecule has 2 aliphatic heterocycles. The second kappa shape index (κ2) is 9.86. The van der Waals surface area contributed by atoms with Crippen molar-refractivity contribution in [2.75, 3.05) is 9.80 Å². The maximum absolute atomic E-state index is 2.68. The molecule has 0 bridgehead atoms. The van der Waals surface area contributed by atoms with Crippen LogP contribution in [0.2, 0.25) is 0 Å². The summed E-state index contributed by atoms with van der Waals surface area (Å²) in [5.41, 5.74) is 18.3. The van der Waals surface area contributed by atoms with Crippen molar-refractivity contribution in [3.63, 3.8) is 0 Å². The summed E-state index contributed by atoms with van der Waals surface area (Å²) in [5, 5.41) is 0. The molecule has 9 rings (SSSR count). The second-order valence-corrected chi connectivity index (χ2v) is 16.0. The highest BCUT2D eigenvalue weighted by atomic mass is 15.2. The molecule has 47 heavy (non-hydrogen) atoms. The number of hydrogen-bond acceptors (Lipinski definition) is 2. The molecule has 2 heteroatoms. The molecule has 3 aromatic carbocycles. The number of rotatable bonds is 3. The van der Waals surface area contributed by atoms with Gasteiger partial charge in [0.2, 0.25) is 0 Å². The molecule has 2 heterocycles. The van der Waals surface area contributed by atoms with E-state index in [2.05, 4.69) is 155 Å². The van der Waals surface area contributed by atoms with Gasteiger partial charge in [0, 0.05) is 27.6 Å². The molecule has 1 unspecified atom stereocenters. The Morgan fingerprint density at radius 3 is 2.23 bits per heavy atom. The molecule has 0 spiro atoms. The number of anilines is 4. The summed E-state index contributed by atoms with van der Waals surface area (Å²) >= 11 is 0. The average molecular weight is 615 g/mol. The van der Waals surface area contributed by atoms with Crippen LogP contribution in [-0.4, -0.2) is 6.04 Å². The first-order chi connectivity index (χ1) is 22.6. The van der Waals surface area contributed by atoms with E-state index in [0.29, 0.717) is 0 Å². The fraction of sp³-hybridized carbons (Fsp3) is 0.333. The lowest BCUT2D eigenvalue weighted by molar-refractivity contribution is 0.563. The minimum Gasteiger partial charge on any atom is -0.338 e. The van der Waals surface area contributed by atoms with Crippen LogP contribution in [0.15, 0.2) is 131 Å². The second-order valence-electron chi connectivity index (χ2n) is 16.0. The van der Waals surface area contributed by atoms with Gasteiger partial charge < -0.3 is 9.80 Å². The van der Waals surface area contributed by atoms with Crippen LogP contribution in [-0.2, 0) is 10.8 Å². The first-order valence-corrected chi connectivity index (χ1v) is 17.8. The third-order valence-corrected chi connectivity index (χ3v) is 12.3. The van der Waals surface area contributed by atoms with Gasteiger partial charge >= 0.3 is 0 Å². The smallest absolute Gasteiger partial charge is 0.0560 e. The van der Waals surface area contributed by atoms with Crippen LogP contribution >= 0.6 is 0 Å². The first-order valence-electron chi connectivity index (χ1n) is 17.8. The Morgan fingerprint density at radius 2 is 1.45 bits per heavy atom. The van der Waals surface area contributed by atoms with Gasteiger partial charge in [0.05, 0.1) is 23.1 Å². The predicted molar refractivity (Wildman–Crippen MR) is 198 cm³/mol. The summed E-state index contributed by atoms with van der Waals surface area (Å²) in [7, 11) is 0. The normalized spacial score (nSPS) is 23.5. The standard InChI is InChI=1S/C45H46N2/c1-43(2)34-18-11-10-17-32(34)33-25-23-30(27-38(33)43)46(29-15-8-7-9-16-29)31-24-26-41-39(28-31)45(5,6)37-21-14-20-36-42(37)47(41)40-22-13-12-19-35(40)44(36,3)4/h7-8,11-15,18-22,24-28,30H,9-10,16-17,23H2,1-6H3. The molecule has 2 nitrogen and oxygen atoms in total. The Hall–Kier alpha value is -4.30. The van der Waals surface area contributed by atoms with Crippen LogP contribution < -0.4 is 9.80 Å². The molecule has 0 saturated carbocycles. The zero-order chi connectivity index (χ0) is 32.3. The molecule has 0 radical (unpaired) electrons. The van der Waals surface area contributed by atoms with Crippen LogP contribution in [0.3, 0.4) is 0 Å². The van der Waals surface area contributed by atoms with E-state index in [0.717, 1.165) is 25.7 Å². The third kappa shape index (κ3) is 3.91. The van der Waals surface area contributed by atoms with Gasteiger partial charge in [-0.3, -0.25) is 0 Å². The highest BCUT2D eigenvalue weighted by Crippen LogP contribution is 2.60. The highest BCUT2D eigenvalue weighted by molar-refractivity contribution is 5.93. The minimum absolute atomic E-state index is 0.0396. The van der Waals surface area contributed by atoms with Gasteiger partial charge in [0.1, 0.15) is 0 Å².